The smallest absolute Gasteiger partial charge is 0.257 e. The number of nitrogens with zero attached hydrogens (tertiary/aromatic N) is 2. The number of amides is 1. The van der Waals surface area contributed by atoms with E-state index in [0.29, 0.717) is 18.7 Å². The van der Waals surface area contributed by atoms with E-state index in [4.69, 9.17) is 9.15 Å². The minimum Gasteiger partial charge on any atom is -0.488 e. The normalized spacial score (nSPS) is 18.5. The summed E-state index contributed by atoms with van der Waals surface area (Å²) >= 11 is 0. The molecule has 1 amide bonds. The number of carbonyl (C=O) groups is 1. The Bertz CT molecular complexity index is 539. The molecular formula is C14H14N2O3. The van der Waals surface area contributed by atoms with Crippen LogP contribution in [0, 0.1) is 0 Å². The number of ether oxygens (including phenoxy) is 1. The first kappa shape index (κ1) is 11.8. The first-order valence-electron chi connectivity index (χ1n) is 6.21. The first-order chi connectivity index (χ1) is 9.33. The van der Waals surface area contributed by atoms with Crippen molar-refractivity contribution in [1.82, 2.24) is 9.88 Å². The Morgan fingerprint density at radius 3 is 2.95 bits per heavy atom. The fourth-order valence-corrected chi connectivity index (χ4v) is 2.19. The maximum Gasteiger partial charge on any atom is 0.257 e. The molecular weight excluding hydrogens is 244 g/mol. The fourth-order valence-electron chi connectivity index (χ4n) is 2.19. The second-order valence-corrected chi connectivity index (χ2v) is 4.47. The van der Waals surface area contributed by atoms with Gasteiger partial charge in [-0.3, -0.25) is 9.78 Å². The molecule has 2 aromatic rings. The number of hydrogen-bond donors (Lipinski definition) is 0. The summed E-state index contributed by atoms with van der Waals surface area (Å²) in [5.41, 5.74) is 0.588. The zero-order valence-corrected chi connectivity index (χ0v) is 10.4. The average Bonchev–Trinajstić information content (AvgIpc) is 3.10. The Labute approximate surface area is 110 Å². The highest BCUT2D eigenvalue weighted by Gasteiger charge is 2.28. The highest BCUT2D eigenvalue weighted by molar-refractivity contribution is 5.94. The van der Waals surface area contributed by atoms with Crippen LogP contribution in [0.25, 0.3) is 0 Å². The molecule has 1 fully saturated rings. The minimum absolute atomic E-state index is 0.00502. The molecule has 3 rings (SSSR count). The Kier molecular flexibility index (Phi) is 3.18. The van der Waals surface area contributed by atoms with E-state index in [1.165, 1.54) is 12.5 Å². The molecule has 0 N–H and O–H groups in total. The molecule has 0 spiro atoms. The van der Waals surface area contributed by atoms with Crippen molar-refractivity contribution >= 4 is 5.91 Å². The third kappa shape index (κ3) is 2.59. The van der Waals surface area contributed by atoms with E-state index in [9.17, 15) is 4.79 Å². The molecule has 5 heteroatoms. The van der Waals surface area contributed by atoms with Gasteiger partial charge in [-0.05, 0) is 18.2 Å². The number of pyridine rings is 1. The SMILES string of the molecule is O=C(c1ccoc1)N1CC[C@H](Oc2ccncc2)C1. The molecule has 0 aliphatic carbocycles. The van der Waals surface area contributed by atoms with Crippen LogP contribution in [0.2, 0.25) is 0 Å². The van der Waals surface area contributed by atoms with E-state index in [2.05, 4.69) is 4.98 Å². The first-order valence-corrected chi connectivity index (χ1v) is 6.21. The number of likely N-dealkylation sites (tertiary alicyclic amines) is 1. The second-order valence-electron chi connectivity index (χ2n) is 4.47. The Hall–Kier alpha value is -2.30. The lowest BCUT2D eigenvalue weighted by Gasteiger charge is -2.16. The van der Waals surface area contributed by atoms with E-state index in [-0.39, 0.29) is 12.0 Å². The lowest BCUT2D eigenvalue weighted by Crippen LogP contribution is -2.30. The van der Waals surface area contributed by atoms with Crippen LogP contribution in [0.3, 0.4) is 0 Å². The van der Waals surface area contributed by atoms with Crippen molar-refractivity contribution < 1.29 is 13.9 Å². The largest absolute Gasteiger partial charge is 0.488 e. The summed E-state index contributed by atoms with van der Waals surface area (Å²) in [5.74, 6) is 0.784. The van der Waals surface area contributed by atoms with Crippen molar-refractivity contribution in [1.29, 1.82) is 0 Å². The van der Waals surface area contributed by atoms with Crippen LogP contribution in [-0.4, -0.2) is 35.0 Å². The number of aromatic nitrogens is 1. The van der Waals surface area contributed by atoms with Crippen LogP contribution < -0.4 is 4.74 Å². The number of carbonyl (C=O) groups excluding carboxylic acids is 1. The van der Waals surface area contributed by atoms with E-state index in [0.717, 1.165) is 12.2 Å². The molecule has 0 bridgehead atoms. The molecule has 98 valence electrons. The zero-order valence-electron chi connectivity index (χ0n) is 10.4. The number of hydrogen-bond acceptors (Lipinski definition) is 4. The predicted octanol–water partition coefficient (Wildman–Crippen LogP) is 1.97. The average molecular weight is 258 g/mol. The van der Waals surface area contributed by atoms with Gasteiger partial charge in [-0.25, -0.2) is 0 Å². The van der Waals surface area contributed by atoms with Gasteiger partial charge in [-0.2, -0.15) is 0 Å². The van der Waals surface area contributed by atoms with E-state index in [1.54, 1.807) is 23.4 Å². The summed E-state index contributed by atoms with van der Waals surface area (Å²) in [5, 5.41) is 0. The molecule has 0 aromatic carbocycles. The van der Waals surface area contributed by atoms with Crippen LogP contribution in [0.4, 0.5) is 0 Å². The van der Waals surface area contributed by atoms with Crippen molar-refractivity contribution in [2.24, 2.45) is 0 Å². The van der Waals surface area contributed by atoms with E-state index in [1.807, 2.05) is 12.1 Å². The van der Waals surface area contributed by atoms with Gasteiger partial charge in [0.2, 0.25) is 0 Å². The van der Waals surface area contributed by atoms with Crippen molar-refractivity contribution in [3.8, 4) is 5.75 Å². The van der Waals surface area contributed by atoms with Crippen LogP contribution in [0.5, 0.6) is 5.75 Å². The van der Waals surface area contributed by atoms with Gasteiger partial charge in [-0.1, -0.05) is 0 Å². The molecule has 1 saturated heterocycles. The third-order valence-electron chi connectivity index (χ3n) is 3.15. The highest BCUT2D eigenvalue weighted by Crippen LogP contribution is 2.19. The maximum atomic E-state index is 12.1. The van der Waals surface area contributed by atoms with Crippen molar-refractivity contribution in [2.75, 3.05) is 13.1 Å². The van der Waals surface area contributed by atoms with Gasteiger partial charge >= 0.3 is 0 Å². The quantitative estimate of drug-likeness (QED) is 0.844. The summed E-state index contributed by atoms with van der Waals surface area (Å²) in [6, 6.07) is 5.32. The third-order valence-corrected chi connectivity index (χ3v) is 3.15. The summed E-state index contributed by atoms with van der Waals surface area (Å²) < 4.78 is 10.7. The summed E-state index contributed by atoms with van der Waals surface area (Å²) in [6.45, 7) is 1.31. The van der Waals surface area contributed by atoms with Crippen LogP contribution in [0.15, 0.2) is 47.5 Å². The van der Waals surface area contributed by atoms with Gasteiger partial charge in [-0.15, -0.1) is 0 Å². The van der Waals surface area contributed by atoms with Crippen molar-refractivity contribution in [3.63, 3.8) is 0 Å². The van der Waals surface area contributed by atoms with Gasteiger partial charge in [0, 0.05) is 25.4 Å². The van der Waals surface area contributed by atoms with Crippen molar-refractivity contribution in [3.05, 3.63) is 48.7 Å². The number of furan rings is 1. The Morgan fingerprint density at radius 2 is 2.21 bits per heavy atom. The van der Waals surface area contributed by atoms with Gasteiger partial charge in [0.05, 0.1) is 18.4 Å². The molecule has 1 aliphatic rings. The van der Waals surface area contributed by atoms with Crippen LogP contribution in [-0.2, 0) is 0 Å². The molecule has 3 heterocycles. The molecule has 1 atom stereocenters. The van der Waals surface area contributed by atoms with Crippen molar-refractivity contribution in [2.45, 2.75) is 12.5 Å². The number of rotatable bonds is 3. The molecule has 5 nitrogen and oxygen atoms in total. The second kappa shape index (κ2) is 5.14. The summed E-state index contributed by atoms with van der Waals surface area (Å²) in [4.78, 5) is 17.8. The monoisotopic (exact) mass is 258 g/mol. The topological polar surface area (TPSA) is 55.6 Å². The van der Waals surface area contributed by atoms with Gasteiger partial charge in [0.15, 0.2) is 0 Å². The van der Waals surface area contributed by atoms with Gasteiger partial charge in [0.1, 0.15) is 18.1 Å². The van der Waals surface area contributed by atoms with Crippen LogP contribution >= 0.6 is 0 Å². The van der Waals surface area contributed by atoms with Gasteiger partial charge < -0.3 is 14.1 Å². The predicted molar refractivity (Wildman–Crippen MR) is 67.9 cm³/mol. The minimum atomic E-state index is -0.00502. The summed E-state index contributed by atoms with van der Waals surface area (Å²) in [6.07, 6.45) is 7.25. The molecule has 0 saturated carbocycles. The summed E-state index contributed by atoms with van der Waals surface area (Å²) in [7, 11) is 0. The molecule has 19 heavy (non-hydrogen) atoms. The Morgan fingerprint density at radius 1 is 1.37 bits per heavy atom. The fraction of sp³-hybridized carbons (Fsp3) is 0.286. The standard InChI is InChI=1S/C14H14N2O3/c17-14(11-4-8-18-10-11)16-7-3-13(9-16)19-12-1-5-15-6-2-12/h1-2,4-6,8,10,13H,3,7,9H2/t13-/m0/s1. The van der Waals surface area contributed by atoms with E-state index >= 15 is 0 Å². The lowest BCUT2D eigenvalue weighted by atomic mass is 10.3. The molecule has 0 radical (unpaired) electrons. The van der Waals surface area contributed by atoms with Gasteiger partial charge in [0.25, 0.3) is 5.91 Å². The molecule has 1 aliphatic heterocycles. The molecule has 0 unspecified atom stereocenters. The van der Waals surface area contributed by atoms with Crippen LogP contribution in [0.1, 0.15) is 16.8 Å². The maximum absolute atomic E-state index is 12.1. The highest BCUT2D eigenvalue weighted by atomic mass is 16.5. The lowest BCUT2D eigenvalue weighted by molar-refractivity contribution is 0.0771. The zero-order chi connectivity index (χ0) is 13.1. The van der Waals surface area contributed by atoms with E-state index < -0.39 is 0 Å². The Balaban J connectivity index is 1.60. The molecule has 2 aromatic heterocycles.